The van der Waals surface area contributed by atoms with Crippen molar-refractivity contribution in [2.24, 2.45) is 4.99 Å². The Balaban J connectivity index is 2.06. The smallest absolute Gasteiger partial charge is 0.114 e. The van der Waals surface area contributed by atoms with Gasteiger partial charge in [-0.15, -0.1) is 0 Å². The molecule has 1 aliphatic rings. The van der Waals surface area contributed by atoms with Crippen LogP contribution in [0.3, 0.4) is 0 Å². The Kier molecular flexibility index (Phi) is 3.10. The van der Waals surface area contributed by atoms with Gasteiger partial charge in [0.2, 0.25) is 0 Å². The Morgan fingerprint density at radius 1 is 1.13 bits per heavy atom. The predicted octanol–water partition coefficient (Wildman–Crippen LogP) is 2.11. The molecule has 15 heavy (non-hydrogen) atoms. The van der Waals surface area contributed by atoms with E-state index in [0.717, 1.165) is 11.3 Å². The van der Waals surface area contributed by atoms with Gasteiger partial charge in [-0.2, -0.15) is 0 Å². The monoisotopic (exact) mass is 199 g/mol. The summed E-state index contributed by atoms with van der Waals surface area (Å²) in [6.07, 6.45) is 6.72. The van der Waals surface area contributed by atoms with E-state index in [9.17, 15) is 5.11 Å². The molecule has 0 saturated carbocycles. The zero-order valence-electron chi connectivity index (χ0n) is 8.38. The molecule has 0 saturated heterocycles. The van der Waals surface area contributed by atoms with Crippen LogP contribution in [0, 0.1) is 0 Å². The third kappa shape index (κ3) is 2.64. The van der Waals surface area contributed by atoms with Crippen molar-refractivity contribution in [2.45, 2.75) is 12.6 Å². The van der Waals surface area contributed by atoms with Crippen LogP contribution < -0.4 is 0 Å². The van der Waals surface area contributed by atoms with Gasteiger partial charge >= 0.3 is 0 Å². The molecule has 0 amide bonds. The number of aliphatic imine (C=N–C) groups is 1. The third-order valence-electron chi connectivity index (χ3n) is 2.26. The van der Waals surface area contributed by atoms with Crippen LogP contribution in [0.2, 0.25) is 0 Å². The maximum absolute atomic E-state index is 9.58. The first kappa shape index (κ1) is 9.87. The molecule has 0 aliphatic heterocycles. The van der Waals surface area contributed by atoms with Crippen molar-refractivity contribution < 1.29 is 5.11 Å². The summed E-state index contributed by atoms with van der Waals surface area (Å²) < 4.78 is 0. The number of allylic oxidation sites excluding steroid dienone is 2. The second kappa shape index (κ2) is 4.71. The molecule has 2 rings (SSSR count). The highest BCUT2D eigenvalue weighted by Gasteiger charge is 2.07. The summed E-state index contributed by atoms with van der Waals surface area (Å²) in [6.45, 7) is 0.616. The maximum Gasteiger partial charge on any atom is 0.114 e. The van der Waals surface area contributed by atoms with E-state index in [1.807, 2.05) is 48.6 Å². The standard InChI is InChI=1S/C13H13NO/c15-13-9-5-4-8-12(13)14-10-11-6-2-1-3-7-11/h1-9,13,15H,10H2. The molecule has 2 heteroatoms. The fourth-order valence-electron chi connectivity index (χ4n) is 1.43. The van der Waals surface area contributed by atoms with E-state index >= 15 is 0 Å². The van der Waals surface area contributed by atoms with E-state index in [2.05, 4.69) is 4.99 Å². The van der Waals surface area contributed by atoms with Crippen LogP contribution in [0.4, 0.5) is 0 Å². The van der Waals surface area contributed by atoms with Gasteiger partial charge < -0.3 is 5.11 Å². The molecule has 0 fully saturated rings. The van der Waals surface area contributed by atoms with E-state index in [4.69, 9.17) is 0 Å². The Labute approximate surface area is 89.3 Å². The normalized spacial score (nSPS) is 22.2. The molecule has 0 spiro atoms. The number of rotatable bonds is 2. The molecule has 0 aromatic heterocycles. The molecular weight excluding hydrogens is 186 g/mol. The highest BCUT2D eigenvalue weighted by atomic mass is 16.3. The molecule has 1 atom stereocenters. The van der Waals surface area contributed by atoms with Gasteiger partial charge in [0.25, 0.3) is 0 Å². The maximum atomic E-state index is 9.58. The molecule has 1 aromatic carbocycles. The molecular formula is C13H13NO. The fraction of sp³-hybridized carbons (Fsp3) is 0.154. The second-order valence-corrected chi connectivity index (χ2v) is 3.42. The predicted molar refractivity (Wildman–Crippen MR) is 61.9 cm³/mol. The minimum Gasteiger partial charge on any atom is -0.383 e. The SMILES string of the molecule is OC1C=CC=CC1=NCc1ccccc1. The lowest BCUT2D eigenvalue weighted by Crippen LogP contribution is -2.17. The topological polar surface area (TPSA) is 32.6 Å². The summed E-state index contributed by atoms with van der Waals surface area (Å²) in [5.74, 6) is 0. The molecule has 2 nitrogen and oxygen atoms in total. The van der Waals surface area contributed by atoms with Gasteiger partial charge in [0.1, 0.15) is 6.10 Å². The van der Waals surface area contributed by atoms with Gasteiger partial charge in [-0.05, 0) is 11.6 Å². The lowest BCUT2D eigenvalue weighted by molar-refractivity contribution is 0.289. The van der Waals surface area contributed by atoms with Gasteiger partial charge in [0.05, 0.1) is 12.3 Å². The van der Waals surface area contributed by atoms with Gasteiger partial charge in [0.15, 0.2) is 0 Å². The first-order chi connectivity index (χ1) is 7.36. The molecule has 1 unspecified atom stereocenters. The average molecular weight is 199 g/mol. The van der Waals surface area contributed by atoms with Crippen molar-refractivity contribution in [3.05, 3.63) is 60.2 Å². The van der Waals surface area contributed by atoms with Crippen molar-refractivity contribution in [2.75, 3.05) is 0 Å². The molecule has 0 radical (unpaired) electrons. The van der Waals surface area contributed by atoms with E-state index in [0.29, 0.717) is 6.54 Å². The fourth-order valence-corrected chi connectivity index (χ4v) is 1.43. The number of nitrogens with zero attached hydrogens (tertiary/aromatic N) is 1. The summed E-state index contributed by atoms with van der Waals surface area (Å²) >= 11 is 0. The average Bonchev–Trinajstić information content (AvgIpc) is 2.29. The number of aliphatic hydroxyl groups is 1. The lowest BCUT2D eigenvalue weighted by atomic mass is 10.1. The Morgan fingerprint density at radius 3 is 2.67 bits per heavy atom. The minimum absolute atomic E-state index is 0.557. The van der Waals surface area contributed by atoms with E-state index < -0.39 is 6.10 Å². The van der Waals surface area contributed by atoms with Crippen molar-refractivity contribution in [1.82, 2.24) is 0 Å². The number of aliphatic hydroxyl groups excluding tert-OH is 1. The van der Waals surface area contributed by atoms with Crippen molar-refractivity contribution in [3.8, 4) is 0 Å². The molecule has 1 aliphatic carbocycles. The molecule has 0 heterocycles. The quantitative estimate of drug-likeness (QED) is 0.777. The van der Waals surface area contributed by atoms with Crippen LogP contribution in [0.25, 0.3) is 0 Å². The Bertz CT molecular complexity index is 404. The van der Waals surface area contributed by atoms with Crippen molar-refractivity contribution >= 4 is 5.71 Å². The third-order valence-corrected chi connectivity index (χ3v) is 2.26. The first-order valence-electron chi connectivity index (χ1n) is 4.97. The molecule has 1 N–H and O–H groups in total. The Morgan fingerprint density at radius 2 is 1.93 bits per heavy atom. The highest BCUT2D eigenvalue weighted by Crippen LogP contribution is 2.05. The van der Waals surface area contributed by atoms with Gasteiger partial charge in [0, 0.05) is 0 Å². The number of hydrogen-bond donors (Lipinski definition) is 1. The van der Waals surface area contributed by atoms with Crippen molar-refractivity contribution in [3.63, 3.8) is 0 Å². The number of hydrogen-bond acceptors (Lipinski definition) is 2. The van der Waals surface area contributed by atoms with E-state index in [1.54, 1.807) is 6.08 Å². The largest absolute Gasteiger partial charge is 0.383 e. The number of benzene rings is 1. The second-order valence-electron chi connectivity index (χ2n) is 3.42. The summed E-state index contributed by atoms with van der Waals surface area (Å²) in [5, 5.41) is 9.58. The Hall–Kier alpha value is -1.67. The summed E-state index contributed by atoms with van der Waals surface area (Å²) in [5.41, 5.74) is 1.88. The van der Waals surface area contributed by atoms with E-state index in [-0.39, 0.29) is 0 Å². The zero-order chi connectivity index (χ0) is 10.5. The highest BCUT2D eigenvalue weighted by molar-refractivity contribution is 6.00. The molecule has 0 bridgehead atoms. The van der Waals surface area contributed by atoms with Crippen LogP contribution in [0.5, 0.6) is 0 Å². The molecule has 76 valence electrons. The minimum atomic E-state index is -0.557. The molecule has 1 aromatic rings. The van der Waals surface area contributed by atoms with Crippen LogP contribution in [0.15, 0.2) is 59.6 Å². The summed E-state index contributed by atoms with van der Waals surface area (Å²) in [7, 11) is 0. The summed E-state index contributed by atoms with van der Waals surface area (Å²) in [4.78, 5) is 4.36. The van der Waals surface area contributed by atoms with Crippen LogP contribution >= 0.6 is 0 Å². The summed E-state index contributed by atoms with van der Waals surface area (Å²) in [6, 6.07) is 10.0. The van der Waals surface area contributed by atoms with Gasteiger partial charge in [-0.1, -0.05) is 48.6 Å². The van der Waals surface area contributed by atoms with E-state index in [1.165, 1.54) is 0 Å². The lowest BCUT2D eigenvalue weighted by Gasteiger charge is -2.09. The van der Waals surface area contributed by atoms with Crippen LogP contribution in [-0.4, -0.2) is 16.9 Å². The van der Waals surface area contributed by atoms with Crippen molar-refractivity contribution in [1.29, 1.82) is 0 Å². The van der Waals surface area contributed by atoms with Gasteiger partial charge in [-0.25, -0.2) is 0 Å². The zero-order valence-corrected chi connectivity index (χ0v) is 8.38. The van der Waals surface area contributed by atoms with Crippen LogP contribution in [-0.2, 0) is 6.54 Å². The van der Waals surface area contributed by atoms with Gasteiger partial charge in [-0.3, -0.25) is 4.99 Å². The first-order valence-corrected chi connectivity index (χ1v) is 4.97. The van der Waals surface area contributed by atoms with Crippen LogP contribution in [0.1, 0.15) is 5.56 Å².